The van der Waals surface area contributed by atoms with Crippen molar-refractivity contribution in [3.63, 3.8) is 0 Å². The lowest BCUT2D eigenvalue weighted by atomic mass is 10.1. The highest BCUT2D eigenvalue weighted by Gasteiger charge is 2.21. The zero-order valence-corrected chi connectivity index (χ0v) is 10.2. The Morgan fingerprint density at radius 1 is 1.53 bits per heavy atom. The molecule has 1 aliphatic heterocycles. The molecular formula is C11H14BrNO2. The zero-order valence-electron chi connectivity index (χ0n) is 8.57. The summed E-state index contributed by atoms with van der Waals surface area (Å²) in [5, 5.41) is 0. The first-order chi connectivity index (χ1) is 7.16. The van der Waals surface area contributed by atoms with E-state index in [9.17, 15) is 0 Å². The molecule has 2 rings (SSSR count). The first-order valence-electron chi connectivity index (χ1n) is 4.96. The number of hydrogen-bond acceptors (Lipinski definition) is 3. The third kappa shape index (κ3) is 2.51. The van der Waals surface area contributed by atoms with Gasteiger partial charge < -0.3 is 15.2 Å². The Hall–Kier alpha value is -0.580. The summed E-state index contributed by atoms with van der Waals surface area (Å²) in [6.07, 6.45) is 0.197. The molecule has 1 aromatic carbocycles. The molecule has 1 aliphatic rings. The van der Waals surface area contributed by atoms with E-state index in [0.29, 0.717) is 13.2 Å². The van der Waals surface area contributed by atoms with Crippen LogP contribution in [0.5, 0.6) is 5.75 Å². The molecule has 15 heavy (non-hydrogen) atoms. The van der Waals surface area contributed by atoms with Gasteiger partial charge in [-0.15, -0.1) is 0 Å². The fraction of sp³-hybridized carbons (Fsp3) is 0.455. The summed E-state index contributed by atoms with van der Waals surface area (Å²) in [6.45, 7) is 3.32. The van der Waals surface area contributed by atoms with E-state index in [1.54, 1.807) is 0 Å². The molecule has 0 bridgehead atoms. The van der Waals surface area contributed by atoms with Crippen molar-refractivity contribution in [2.24, 2.45) is 5.73 Å². The molecule has 82 valence electrons. The summed E-state index contributed by atoms with van der Waals surface area (Å²) in [5.74, 6) is 0.854. The van der Waals surface area contributed by atoms with Crippen LogP contribution in [0.3, 0.4) is 0 Å². The van der Waals surface area contributed by atoms with Crippen LogP contribution in [0.1, 0.15) is 18.5 Å². The summed E-state index contributed by atoms with van der Waals surface area (Å²) in [7, 11) is 0. The van der Waals surface area contributed by atoms with Gasteiger partial charge in [0.2, 0.25) is 0 Å². The molecule has 0 amide bonds. The smallest absolute Gasteiger partial charge is 0.145 e. The van der Waals surface area contributed by atoms with Gasteiger partial charge in [-0.1, -0.05) is 6.07 Å². The van der Waals surface area contributed by atoms with Gasteiger partial charge in [-0.2, -0.15) is 0 Å². The number of hydrogen-bond donors (Lipinski definition) is 1. The van der Waals surface area contributed by atoms with Crippen LogP contribution in [0.4, 0.5) is 0 Å². The molecule has 1 heterocycles. The number of halogens is 1. The van der Waals surface area contributed by atoms with Crippen molar-refractivity contribution in [1.29, 1.82) is 0 Å². The highest BCUT2D eigenvalue weighted by Crippen LogP contribution is 2.29. The molecule has 0 aromatic heterocycles. The largest absolute Gasteiger partial charge is 0.484 e. The fourth-order valence-electron chi connectivity index (χ4n) is 1.36. The molecule has 4 heteroatoms. The lowest BCUT2D eigenvalue weighted by Crippen LogP contribution is -2.38. The summed E-state index contributed by atoms with van der Waals surface area (Å²) in [6, 6.07) is 5.98. The molecular weight excluding hydrogens is 258 g/mol. The minimum Gasteiger partial charge on any atom is -0.484 e. The lowest BCUT2D eigenvalue weighted by molar-refractivity contribution is -0.0799. The first kappa shape index (κ1) is 10.9. The molecule has 1 fully saturated rings. The van der Waals surface area contributed by atoms with E-state index in [2.05, 4.69) is 15.9 Å². The molecule has 0 radical (unpaired) electrons. The molecule has 3 nitrogen and oxygen atoms in total. The molecule has 1 atom stereocenters. The maximum absolute atomic E-state index is 5.79. The van der Waals surface area contributed by atoms with E-state index < -0.39 is 0 Å². The predicted octanol–water partition coefficient (Wildman–Crippen LogP) is 2.25. The molecule has 0 spiro atoms. The number of benzene rings is 1. The summed E-state index contributed by atoms with van der Waals surface area (Å²) >= 11 is 3.48. The standard InChI is InChI=1S/C11H14BrNO2/c1-7(13)8-2-3-11(10(12)4-8)15-9-5-14-6-9/h2-4,7,9H,5-6,13H2,1H3/t7-/m1/s1. The molecule has 2 N–H and O–H groups in total. The maximum atomic E-state index is 5.79. The highest BCUT2D eigenvalue weighted by molar-refractivity contribution is 9.10. The monoisotopic (exact) mass is 271 g/mol. The molecule has 0 aliphatic carbocycles. The van der Waals surface area contributed by atoms with Crippen molar-refractivity contribution in [1.82, 2.24) is 0 Å². The van der Waals surface area contributed by atoms with Gasteiger partial charge in [0.15, 0.2) is 0 Å². The quantitative estimate of drug-likeness (QED) is 0.917. The molecule has 0 unspecified atom stereocenters. The third-order valence-electron chi connectivity index (χ3n) is 2.38. The van der Waals surface area contributed by atoms with Crippen molar-refractivity contribution < 1.29 is 9.47 Å². The second-order valence-electron chi connectivity index (χ2n) is 3.76. The first-order valence-corrected chi connectivity index (χ1v) is 5.75. The summed E-state index contributed by atoms with van der Waals surface area (Å²) in [5.41, 5.74) is 6.89. The minimum atomic E-state index is 0.0439. The van der Waals surface area contributed by atoms with E-state index in [1.165, 1.54) is 0 Å². The van der Waals surface area contributed by atoms with Gasteiger partial charge in [-0.3, -0.25) is 0 Å². The third-order valence-corrected chi connectivity index (χ3v) is 3.00. The van der Waals surface area contributed by atoms with Crippen LogP contribution in [-0.4, -0.2) is 19.3 Å². The Labute approximate surface area is 97.7 Å². The van der Waals surface area contributed by atoms with Crippen molar-refractivity contribution in [2.45, 2.75) is 19.1 Å². The van der Waals surface area contributed by atoms with Crippen molar-refractivity contribution >= 4 is 15.9 Å². The lowest BCUT2D eigenvalue weighted by Gasteiger charge is -2.27. The van der Waals surface area contributed by atoms with Crippen LogP contribution < -0.4 is 10.5 Å². The van der Waals surface area contributed by atoms with Crippen molar-refractivity contribution in [3.05, 3.63) is 28.2 Å². The highest BCUT2D eigenvalue weighted by atomic mass is 79.9. The van der Waals surface area contributed by atoms with E-state index in [-0.39, 0.29) is 12.1 Å². The predicted molar refractivity (Wildman–Crippen MR) is 62.0 cm³/mol. The number of nitrogens with two attached hydrogens (primary N) is 1. The maximum Gasteiger partial charge on any atom is 0.145 e. The molecule has 1 saturated heterocycles. The van der Waals surface area contributed by atoms with Crippen molar-refractivity contribution in [2.75, 3.05) is 13.2 Å². The Morgan fingerprint density at radius 3 is 2.73 bits per heavy atom. The van der Waals surface area contributed by atoms with Crippen LogP contribution in [0.25, 0.3) is 0 Å². The van der Waals surface area contributed by atoms with E-state index >= 15 is 0 Å². The Balaban J connectivity index is 2.11. The van der Waals surface area contributed by atoms with Gasteiger partial charge in [-0.25, -0.2) is 0 Å². The van der Waals surface area contributed by atoms with Gasteiger partial charge >= 0.3 is 0 Å². The van der Waals surface area contributed by atoms with E-state index in [0.717, 1.165) is 15.8 Å². The molecule has 0 saturated carbocycles. The topological polar surface area (TPSA) is 44.5 Å². The Bertz CT molecular complexity index is 350. The van der Waals surface area contributed by atoms with Gasteiger partial charge in [0.05, 0.1) is 17.7 Å². The number of rotatable bonds is 3. The Kier molecular flexibility index (Phi) is 3.29. The van der Waals surface area contributed by atoms with Gasteiger partial charge in [-0.05, 0) is 40.5 Å². The van der Waals surface area contributed by atoms with Gasteiger partial charge in [0, 0.05) is 6.04 Å². The van der Waals surface area contributed by atoms with Gasteiger partial charge in [0.1, 0.15) is 11.9 Å². The fourth-order valence-corrected chi connectivity index (χ4v) is 1.85. The van der Waals surface area contributed by atoms with Crippen LogP contribution >= 0.6 is 15.9 Å². The average Bonchev–Trinajstić information content (AvgIpc) is 2.12. The Morgan fingerprint density at radius 2 is 2.27 bits per heavy atom. The minimum absolute atomic E-state index is 0.0439. The second-order valence-corrected chi connectivity index (χ2v) is 4.61. The van der Waals surface area contributed by atoms with Crippen molar-refractivity contribution in [3.8, 4) is 5.75 Å². The van der Waals surface area contributed by atoms with E-state index in [4.69, 9.17) is 15.2 Å². The second kappa shape index (κ2) is 4.51. The summed E-state index contributed by atoms with van der Waals surface area (Å²) in [4.78, 5) is 0. The average molecular weight is 272 g/mol. The van der Waals surface area contributed by atoms with Crippen LogP contribution in [0.15, 0.2) is 22.7 Å². The summed E-state index contributed by atoms with van der Waals surface area (Å²) < 4.78 is 11.7. The van der Waals surface area contributed by atoms with Crippen LogP contribution in [0, 0.1) is 0 Å². The molecule has 1 aromatic rings. The van der Waals surface area contributed by atoms with E-state index in [1.807, 2.05) is 25.1 Å². The number of ether oxygens (including phenoxy) is 2. The zero-order chi connectivity index (χ0) is 10.8. The van der Waals surface area contributed by atoms with Crippen LogP contribution in [0.2, 0.25) is 0 Å². The normalized spacial score (nSPS) is 18.3. The van der Waals surface area contributed by atoms with Gasteiger partial charge in [0.25, 0.3) is 0 Å². The van der Waals surface area contributed by atoms with Crippen LogP contribution in [-0.2, 0) is 4.74 Å². The SMILES string of the molecule is C[C@@H](N)c1ccc(OC2COC2)c(Br)c1.